The molecule has 0 aliphatic heterocycles. The minimum Gasteiger partial charge on any atom is -0.444 e. The van der Waals surface area contributed by atoms with Crippen LogP contribution in [0.5, 0.6) is 0 Å². The number of benzene rings is 2. The van der Waals surface area contributed by atoms with Crippen molar-refractivity contribution in [3.05, 3.63) is 54.1 Å². The van der Waals surface area contributed by atoms with Crippen molar-refractivity contribution < 1.29 is 9.53 Å². The van der Waals surface area contributed by atoms with Gasteiger partial charge < -0.3 is 15.8 Å². The summed E-state index contributed by atoms with van der Waals surface area (Å²) in [5.41, 5.74) is 9.63. The third-order valence-corrected chi connectivity index (χ3v) is 4.05. The predicted molar refractivity (Wildman–Crippen MR) is 96.8 cm³/mol. The van der Waals surface area contributed by atoms with E-state index in [9.17, 15) is 4.79 Å². The number of hydrogen-bond acceptors (Lipinski definition) is 3. The molecule has 0 saturated heterocycles. The zero-order valence-corrected chi connectivity index (χ0v) is 14.4. The van der Waals surface area contributed by atoms with Crippen molar-refractivity contribution in [3.63, 3.8) is 0 Å². The second-order valence-corrected chi connectivity index (χ2v) is 7.34. The van der Waals surface area contributed by atoms with Crippen LogP contribution in [0.15, 0.2) is 48.5 Å². The summed E-state index contributed by atoms with van der Waals surface area (Å²) in [5, 5.41) is 2.94. The van der Waals surface area contributed by atoms with Crippen molar-refractivity contribution in [1.29, 1.82) is 0 Å². The minimum absolute atomic E-state index is 0.165. The molecule has 2 atom stereocenters. The van der Waals surface area contributed by atoms with Gasteiger partial charge in [0.05, 0.1) is 0 Å². The molecule has 1 fully saturated rings. The highest BCUT2D eigenvalue weighted by Gasteiger charge is 2.40. The molecule has 3 N–H and O–H groups in total. The Kier molecular flexibility index (Phi) is 4.22. The molecule has 0 radical (unpaired) electrons. The first kappa shape index (κ1) is 16.4. The van der Waals surface area contributed by atoms with E-state index in [2.05, 4.69) is 35.6 Å². The summed E-state index contributed by atoms with van der Waals surface area (Å²) in [6.07, 6.45) is 0.614. The third-order valence-electron chi connectivity index (χ3n) is 4.05. The van der Waals surface area contributed by atoms with Gasteiger partial charge in [-0.1, -0.05) is 36.4 Å². The van der Waals surface area contributed by atoms with Crippen LogP contribution < -0.4 is 11.1 Å². The summed E-state index contributed by atoms with van der Waals surface area (Å²) < 4.78 is 5.30. The maximum atomic E-state index is 11.8. The Morgan fingerprint density at radius 2 is 1.83 bits per heavy atom. The highest BCUT2D eigenvalue weighted by atomic mass is 16.6. The van der Waals surface area contributed by atoms with Gasteiger partial charge in [-0.3, -0.25) is 0 Å². The van der Waals surface area contributed by atoms with Gasteiger partial charge in [0.1, 0.15) is 5.60 Å². The molecular weight excluding hydrogens is 300 g/mol. The van der Waals surface area contributed by atoms with Gasteiger partial charge in [-0.25, -0.2) is 4.79 Å². The summed E-state index contributed by atoms with van der Waals surface area (Å²) in [6.45, 7) is 5.60. The number of nitrogens with one attached hydrogen (secondary N) is 1. The van der Waals surface area contributed by atoms with E-state index in [1.165, 1.54) is 5.56 Å². The maximum absolute atomic E-state index is 11.8. The van der Waals surface area contributed by atoms with Crippen LogP contribution in [-0.4, -0.2) is 17.7 Å². The molecule has 24 heavy (non-hydrogen) atoms. The first-order valence-electron chi connectivity index (χ1n) is 8.27. The van der Waals surface area contributed by atoms with Gasteiger partial charge in [0.2, 0.25) is 0 Å². The van der Waals surface area contributed by atoms with Gasteiger partial charge in [-0.15, -0.1) is 0 Å². The Hall–Kier alpha value is -2.49. The van der Waals surface area contributed by atoms with Gasteiger partial charge in [0.15, 0.2) is 0 Å². The minimum atomic E-state index is -0.465. The monoisotopic (exact) mass is 324 g/mol. The van der Waals surface area contributed by atoms with Gasteiger partial charge in [-0.2, -0.15) is 0 Å². The van der Waals surface area contributed by atoms with E-state index >= 15 is 0 Å². The molecule has 1 amide bonds. The Balaban J connectivity index is 1.61. The molecule has 0 bridgehead atoms. The van der Waals surface area contributed by atoms with Gasteiger partial charge in [0.25, 0.3) is 0 Å². The summed E-state index contributed by atoms with van der Waals surface area (Å²) in [5.74, 6) is 0.368. The zero-order chi connectivity index (χ0) is 17.3. The molecule has 1 saturated carbocycles. The standard InChI is InChI=1S/C20H24N2O2/c1-20(2,3)24-19(23)22-18-12-17(18)14-9-7-13(8-10-14)15-5-4-6-16(21)11-15/h4-11,17-18H,12,21H2,1-3H3,(H,22,23)/t17-,18+/m0/s1. The van der Waals surface area contributed by atoms with Crippen LogP contribution in [0.4, 0.5) is 10.5 Å². The molecule has 0 heterocycles. The van der Waals surface area contributed by atoms with Crippen molar-refractivity contribution in [2.45, 2.75) is 44.8 Å². The SMILES string of the molecule is CC(C)(C)OC(=O)N[C@@H]1C[C@H]1c1ccc(-c2cccc(N)c2)cc1. The van der Waals surface area contributed by atoms with Crippen molar-refractivity contribution in [1.82, 2.24) is 5.32 Å². The molecule has 2 aromatic carbocycles. The average Bonchev–Trinajstić information content (AvgIpc) is 3.24. The second kappa shape index (κ2) is 6.19. The van der Waals surface area contributed by atoms with Crippen LogP contribution in [0.2, 0.25) is 0 Å². The van der Waals surface area contributed by atoms with Crippen LogP contribution in [0.1, 0.15) is 38.7 Å². The van der Waals surface area contributed by atoms with Crippen LogP contribution in [0.3, 0.4) is 0 Å². The molecule has 126 valence electrons. The largest absolute Gasteiger partial charge is 0.444 e. The molecule has 4 heteroatoms. The van der Waals surface area contributed by atoms with Gasteiger partial charge >= 0.3 is 6.09 Å². The fourth-order valence-electron chi connectivity index (χ4n) is 2.82. The molecule has 1 aliphatic rings. The number of anilines is 1. The Labute approximate surface area is 143 Å². The summed E-state index contributed by atoms with van der Waals surface area (Å²) in [7, 11) is 0. The maximum Gasteiger partial charge on any atom is 0.407 e. The number of ether oxygens (including phenoxy) is 1. The third kappa shape index (κ3) is 4.07. The lowest BCUT2D eigenvalue weighted by Crippen LogP contribution is -2.34. The molecule has 0 unspecified atom stereocenters. The number of amides is 1. The Morgan fingerprint density at radius 3 is 2.46 bits per heavy atom. The number of hydrogen-bond donors (Lipinski definition) is 2. The summed E-state index contributed by atoms with van der Waals surface area (Å²) >= 11 is 0. The summed E-state index contributed by atoms with van der Waals surface area (Å²) in [4.78, 5) is 11.8. The fraction of sp³-hybridized carbons (Fsp3) is 0.350. The number of carbonyl (C=O) groups excluding carboxylic acids is 1. The van der Waals surface area contributed by atoms with Crippen molar-refractivity contribution in [3.8, 4) is 11.1 Å². The number of alkyl carbamates (subject to hydrolysis) is 1. The lowest BCUT2D eigenvalue weighted by Gasteiger charge is -2.19. The van der Waals surface area contributed by atoms with Gasteiger partial charge in [0, 0.05) is 17.6 Å². The number of nitrogens with two attached hydrogens (primary N) is 1. The van der Waals surface area contributed by atoms with E-state index < -0.39 is 5.60 Å². The van der Waals surface area contributed by atoms with Crippen LogP contribution in [-0.2, 0) is 4.74 Å². The Morgan fingerprint density at radius 1 is 1.12 bits per heavy atom. The highest BCUT2D eigenvalue weighted by Crippen LogP contribution is 2.41. The van der Waals surface area contributed by atoms with Crippen molar-refractivity contribution >= 4 is 11.8 Å². The topological polar surface area (TPSA) is 64.3 Å². The highest BCUT2D eigenvalue weighted by molar-refractivity contribution is 5.69. The van der Waals surface area contributed by atoms with Crippen LogP contribution in [0, 0.1) is 0 Å². The molecule has 1 aliphatic carbocycles. The fourth-order valence-corrected chi connectivity index (χ4v) is 2.82. The van der Waals surface area contributed by atoms with E-state index in [1.807, 2.05) is 39.0 Å². The Bertz CT molecular complexity index is 732. The predicted octanol–water partition coefficient (Wildman–Crippen LogP) is 4.32. The van der Waals surface area contributed by atoms with E-state index in [1.54, 1.807) is 0 Å². The molecule has 4 nitrogen and oxygen atoms in total. The molecule has 2 aromatic rings. The second-order valence-electron chi connectivity index (χ2n) is 7.34. The molecular formula is C20H24N2O2. The van der Waals surface area contributed by atoms with Gasteiger partial charge in [-0.05, 0) is 56.0 Å². The van der Waals surface area contributed by atoms with Crippen molar-refractivity contribution in [2.24, 2.45) is 0 Å². The first-order valence-corrected chi connectivity index (χ1v) is 8.27. The van der Waals surface area contributed by atoms with E-state index in [0.29, 0.717) is 5.92 Å². The van der Waals surface area contributed by atoms with Crippen LogP contribution in [0.25, 0.3) is 11.1 Å². The first-order chi connectivity index (χ1) is 11.3. The number of nitrogen functional groups attached to an aromatic ring is 1. The van der Waals surface area contributed by atoms with Crippen LogP contribution >= 0.6 is 0 Å². The van der Waals surface area contributed by atoms with E-state index in [4.69, 9.17) is 10.5 Å². The average molecular weight is 324 g/mol. The summed E-state index contributed by atoms with van der Waals surface area (Å²) in [6, 6.07) is 16.5. The quantitative estimate of drug-likeness (QED) is 0.827. The molecule has 3 rings (SSSR count). The number of rotatable bonds is 3. The molecule has 0 aromatic heterocycles. The lowest BCUT2D eigenvalue weighted by atomic mass is 10.0. The van der Waals surface area contributed by atoms with E-state index in [-0.39, 0.29) is 12.1 Å². The smallest absolute Gasteiger partial charge is 0.407 e. The molecule has 0 spiro atoms. The van der Waals surface area contributed by atoms with E-state index in [0.717, 1.165) is 23.2 Å². The number of carbonyl (C=O) groups is 1. The lowest BCUT2D eigenvalue weighted by molar-refractivity contribution is 0.0523. The van der Waals surface area contributed by atoms with Crippen molar-refractivity contribution in [2.75, 3.05) is 5.73 Å². The zero-order valence-electron chi connectivity index (χ0n) is 14.4. The normalized spacial score (nSPS) is 19.6.